The van der Waals surface area contributed by atoms with Gasteiger partial charge < -0.3 is 20.5 Å². The lowest BCUT2D eigenvalue weighted by atomic mass is 10.0. The quantitative estimate of drug-likeness (QED) is 0.493. The molecule has 2 rings (SSSR count). The van der Waals surface area contributed by atoms with Gasteiger partial charge in [-0.15, -0.1) is 0 Å². The standard InChI is InChI=1S/C21H22F2N2O4/c1-2-28-19(26)12-25-20(16-9-8-15(22)10-18(16)23)17(11-24)21(27)29-13-14-6-4-3-5-7-14/h3-10,25H,2,11-13,24H2,1H3/b20-17+. The summed E-state index contributed by atoms with van der Waals surface area (Å²) in [5.41, 5.74) is 6.21. The van der Waals surface area contributed by atoms with Crippen LogP contribution >= 0.6 is 0 Å². The van der Waals surface area contributed by atoms with Crippen LogP contribution in [0.4, 0.5) is 8.78 Å². The molecule has 0 saturated carbocycles. The van der Waals surface area contributed by atoms with Crippen molar-refractivity contribution in [2.45, 2.75) is 13.5 Å². The molecule has 0 bridgehead atoms. The van der Waals surface area contributed by atoms with E-state index < -0.39 is 23.6 Å². The summed E-state index contributed by atoms with van der Waals surface area (Å²) in [5.74, 6) is -3.09. The van der Waals surface area contributed by atoms with Gasteiger partial charge in [0.05, 0.1) is 17.9 Å². The molecular formula is C21H22F2N2O4. The fourth-order valence-corrected chi connectivity index (χ4v) is 2.53. The predicted octanol–water partition coefficient (Wildman–Crippen LogP) is 2.53. The average Bonchev–Trinajstić information content (AvgIpc) is 2.71. The molecule has 6 nitrogen and oxygen atoms in total. The van der Waals surface area contributed by atoms with Crippen LogP contribution in [-0.4, -0.2) is 31.6 Å². The number of carbonyl (C=O) groups is 2. The number of halogens is 2. The van der Waals surface area contributed by atoms with Gasteiger partial charge in [-0.3, -0.25) is 4.79 Å². The summed E-state index contributed by atoms with van der Waals surface area (Å²) in [6.45, 7) is 1.15. The van der Waals surface area contributed by atoms with Gasteiger partial charge in [-0.25, -0.2) is 13.6 Å². The van der Waals surface area contributed by atoms with Crippen LogP contribution < -0.4 is 11.1 Å². The minimum Gasteiger partial charge on any atom is -0.465 e. The maximum atomic E-state index is 14.4. The first-order valence-electron chi connectivity index (χ1n) is 8.95. The topological polar surface area (TPSA) is 90.6 Å². The van der Waals surface area contributed by atoms with E-state index in [2.05, 4.69) is 5.32 Å². The molecule has 0 amide bonds. The molecule has 3 N–H and O–H groups in total. The minimum absolute atomic E-state index is 0.0137. The fourth-order valence-electron chi connectivity index (χ4n) is 2.53. The molecule has 0 aliphatic carbocycles. The second kappa shape index (κ2) is 10.9. The highest BCUT2D eigenvalue weighted by Gasteiger charge is 2.21. The number of nitrogens with two attached hydrogens (primary N) is 1. The van der Waals surface area contributed by atoms with Gasteiger partial charge >= 0.3 is 11.9 Å². The summed E-state index contributed by atoms with van der Waals surface area (Å²) >= 11 is 0. The van der Waals surface area contributed by atoms with Crippen molar-refractivity contribution < 1.29 is 27.8 Å². The van der Waals surface area contributed by atoms with Gasteiger partial charge in [0, 0.05) is 18.2 Å². The molecule has 0 unspecified atom stereocenters. The molecule has 0 aliphatic rings. The molecule has 2 aromatic rings. The summed E-state index contributed by atoms with van der Waals surface area (Å²) in [7, 11) is 0. The molecule has 8 heteroatoms. The summed E-state index contributed by atoms with van der Waals surface area (Å²) in [6, 6.07) is 11.8. The van der Waals surface area contributed by atoms with Crippen molar-refractivity contribution >= 4 is 17.6 Å². The van der Waals surface area contributed by atoms with Crippen LogP contribution in [-0.2, 0) is 25.7 Å². The van der Waals surface area contributed by atoms with Crippen LogP contribution in [0.5, 0.6) is 0 Å². The molecule has 0 heterocycles. The smallest absolute Gasteiger partial charge is 0.337 e. The van der Waals surface area contributed by atoms with Gasteiger partial charge in [0.2, 0.25) is 0 Å². The van der Waals surface area contributed by atoms with Crippen LogP contribution in [0.25, 0.3) is 5.70 Å². The fraction of sp³-hybridized carbons (Fsp3) is 0.238. The maximum absolute atomic E-state index is 14.4. The third-order valence-corrected chi connectivity index (χ3v) is 3.88. The highest BCUT2D eigenvalue weighted by Crippen LogP contribution is 2.21. The normalized spacial score (nSPS) is 11.4. The Labute approximate surface area is 167 Å². The van der Waals surface area contributed by atoms with Crippen LogP contribution in [0.1, 0.15) is 18.1 Å². The largest absolute Gasteiger partial charge is 0.465 e. The van der Waals surface area contributed by atoms with Gasteiger partial charge in [-0.2, -0.15) is 0 Å². The first-order chi connectivity index (χ1) is 14.0. The summed E-state index contributed by atoms with van der Waals surface area (Å²) in [5, 5.41) is 2.67. The second-order valence-corrected chi connectivity index (χ2v) is 5.90. The van der Waals surface area contributed by atoms with E-state index in [1.807, 2.05) is 6.07 Å². The Bertz CT molecular complexity index is 886. The SMILES string of the molecule is CCOC(=O)CN/C(=C(\CN)C(=O)OCc1ccccc1)c1ccc(F)cc1F. The molecule has 0 saturated heterocycles. The lowest BCUT2D eigenvalue weighted by molar-refractivity contribution is -0.142. The lowest BCUT2D eigenvalue weighted by Gasteiger charge is -2.17. The van der Waals surface area contributed by atoms with Crippen LogP contribution in [0.2, 0.25) is 0 Å². The Kier molecular flexibility index (Phi) is 8.29. The Morgan fingerprint density at radius 3 is 2.41 bits per heavy atom. The Hall–Kier alpha value is -3.26. The van der Waals surface area contributed by atoms with E-state index in [1.165, 1.54) is 0 Å². The zero-order chi connectivity index (χ0) is 21.2. The molecule has 0 fully saturated rings. The molecule has 0 atom stereocenters. The molecule has 0 radical (unpaired) electrons. The lowest BCUT2D eigenvalue weighted by Crippen LogP contribution is -2.28. The van der Waals surface area contributed by atoms with E-state index in [9.17, 15) is 18.4 Å². The molecule has 29 heavy (non-hydrogen) atoms. The van der Waals surface area contributed by atoms with Crippen molar-refractivity contribution in [2.75, 3.05) is 19.7 Å². The van der Waals surface area contributed by atoms with Crippen molar-refractivity contribution in [3.05, 3.63) is 76.9 Å². The van der Waals surface area contributed by atoms with Crippen molar-refractivity contribution in [2.24, 2.45) is 5.73 Å². The van der Waals surface area contributed by atoms with Gasteiger partial charge in [0.15, 0.2) is 0 Å². The van der Waals surface area contributed by atoms with Gasteiger partial charge in [0.25, 0.3) is 0 Å². The maximum Gasteiger partial charge on any atom is 0.337 e. The Balaban J connectivity index is 2.33. The number of ether oxygens (including phenoxy) is 2. The highest BCUT2D eigenvalue weighted by atomic mass is 19.1. The first-order valence-corrected chi connectivity index (χ1v) is 8.95. The van der Waals surface area contributed by atoms with E-state index in [-0.39, 0.29) is 43.1 Å². The number of rotatable bonds is 9. The predicted molar refractivity (Wildman–Crippen MR) is 103 cm³/mol. The zero-order valence-corrected chi connectivity index (χ0v) is 15.9. The van der Waals surface area contributed by atoms with Crippen LogP contribution in [0.3, 0.4) is 0 Å². The van der Waals surface area contributed by atoms with E-state index in [0.29, 0.717) is 6.07 Å². The highest BCUT2D eigenvalue weighted by molar-refractivity contribution is 5.98. The molecule has 2 aromatic carbocycles. The van der Waals surface area contributed by atoms with E-state index in [0.717, 1.165) is 17.7 Å². The third-order valence-electron chi connectivity index (χ3n) is 3.88. The Morgan fingerprint density at radius 2 is 1.79 bits per heavy atom. The van der Waals surface area contributed by atoms with Crippen molar-refractivity contribution in [3.63, 3.8) is 0 Å². The monoisotopic (exact) mass is 404 g/mol. The summed E-state index contributed by atoms with van der Waals surface area (Å²) in [6.07, 6.45) is 0. The molecular weight excluding hydrogens is 382 g/mol. The van der Waals surface area contributed by atoms with Crippen LogP contribution in [0, 0.1) is 11.6 Å². The van der Waals surface area contributed by atoms with Gasteiger partial charge in [0.1, 0.15) is 24.8 Å². The van der Waals surface area contributed by atoms with Gasteiger partial charge in [-0.05, 0) is 24.6 Å². The number of carbonyl (C=O) groups excluding carboxylic acids is 2. The molecule has 0 spiro atoms. The number of benzene rings is 2. The van der Waals surface area contributed by atoms with Crippen molar-refractivity contribution in [1.82, 2.24) is 5.32 Å². The zero-order valence-electron chi connectivity index (χ0n) is 15.9. The van der Waals surface area contributed by atoms with E-state index in [4.69, 9.17) is 15.2 Å². The number of esters is 2. The molecule has 0 aromatic heterocycles. The second-order valence-electron chi connectivity index (χ2n) is 5.90. The molecule has 0 aliphatic heterocycles. The van der Waals surface area contributed by atoms with E-state index in [1.54, 1.807) is 31.2 Å². The average molecular weight is 404 g/mol. The van der Waals surface area contributed by atoms with Crippen molar-refractivity contribution in [1.29, 1.82) is 0 Å². The molecule has 154 valence electrons. The first kappa shape index (κ1) is 22.0. The van der Waals surface area contributed by atoms with Gasteiger partial charge in [-0.1, -0.05) is 30.3 Å². The van der Waals surface area contributed by atoms with E-state index >= 15 is 0 Å². The number of hydrogen-bond donors (Lipinski definition) is 2. The summed E-state index contributed by atoms with van der Waals surface area (Å²) in [4.78, 5) is 24.3. The van der Waals surface area contributed by atoms with Crippen LogP contribution in [0.15, 0.2) is 54.1 Å². The van der Waals surface area contributed by atoms with Crippen molar-refractivity contribution in [3.8, 4) is 0 Å². The number of hydrogen-bond acceptors (Lipinski definition) is 6. The minimum atomic E-state index is -0.918. The third kappa shape index (κ3) is 6.39. The summed E-state index contributed by atoms with van der Waals surface area (Å²) < 4.78 is 37.8. The number of nitrogens with one attached hydrogen (secondary N) is 1. The Morgan fingerprint density at radius 1 is 1.07 bits per heavy atom.